The first-order valence-corrected chi connectivity index (χ1v) is 11.6. The van der Waals surface area contributed by atoms with Crippen LogP contribution in [0.25, 0.3) is 11.0 Å². The van der Waals surface area contributed by atoms with E-state index in [0.29, 0.717) is 37.3 Å². The van der Waals surface area contributed by atoms with E-state index in [4.69, 9.17) is 5.11 Å². The molecule has 3 aromatic rings. The van der Waals surface area contributed by atoms with Gasteiger partial charge in [0.25, 0.3) is 0 Å². The Morgan fingerprint density at radius 1 is 1.26 bits per heavy atom. The molecule has 0 unspecified atom stereocenters. The molecule has 1 aliphatic rings. The number of carboxylic acid groups (broad SMARTS) is 1. The molecule has 3 heterocycles. The van der Waals surface area contributed by atoms with Gasteiger partial charge >= 0.3 is 6.09 Å². The second-order valence-corrected chi connectivity index (χ2v) is 9.71. The summed E-state index contributed by atoms with van der Waals surface area (Å²) in [5.41, 5.74) is 2.51. The van der Waals surface area contributed by atoms with Crippen LogP contribution in [0.4, 0.5) is 20.7 Å². The van der Waals surface area contributed by atoms with Gasteiger partial charge in [-0.2, -0.15) is 0 Å². The summed E-state index contributed by atoms with van der Waals surface area (Å²) in [4.78, 5) is 21.2. The number of aromatic nitrogens is 3. The van der Waals surface area contributed by atoms with Crippen LogP contribution in [0.2, 0.25) is 0 Å². The summed E-state index contributed by atoms with van der Waals surface area (Å²) < 4.78 is 39.7. The number of piperidine rings is 1. The first-order chi connectivity index (χ1) is 14.6. The van der Waals surface area contributed by atoms with E-state index in [1.807, 2.05) is 17.8 Å². The summed E-state index contributed by atoms with van der Waals surface area (Å²) >= 11 is 0. The molecule has 4 rings (SSSR count). The third-order valence-corrected chi connectivity index (χ3v) is 6.72. The number of anilines is 2. The van der Waals surface area contributed by atoms with Gasteiger partial charge in [0.2, 0.25) is 0 Å². The van der Waals surface area contributed by atoms with Gasteiger partial charge in [-0.25, -0.2) is 27.6 Å². The van der Waals surface area contributed by atoms with E-state index < -0.39 is 21.7 Å². The number of fused-ring (bicyclic) bond motifs is 1. The van der Waals surface area contributed by atoms with Crippen molar-refractivity contribution in [3.8, 4) is 0 Å². The first kappa shape index (κ1) is 21.0. The number of hydrogen-bond acceptors (Lipinski definition) is 6. The predicted molar refractivity (Wildman–Crippen MR) is 113 cm³/mol. The Labute approximate surface area is 178 Å². The maximum absolute atomic E-state index is 14.5. The minimum Gasteiger partial charge on any atom is -0.465 e. The second kappa shape index (κ2) is 7.80. The third-order valence-electron chi connectivity index (χ3n) is 5.61. The average Bonchev–Trinajstić information content (AvgIpc) is 3.06. The molecule has 2 N–H and O–H groups in total. The second-order valence-electron chi connectivity index (χ2n) is 7.70. The Kier molecular flexibility index (Phi) is 5.29. The van der Waals surface area contributed by atoms with Gasteiger partial charge in [-0.3, -0.25) is 0 Å². The van der Waals surface area contributed by atoms with Crippen LogP contribution < -0.4 is 5.32 Å². The lowest BCUT2D eigenvalue weighted by Crippen LogP contribution is -2.36. The number of carbonyl (C=O) groups is 1. The molecule has 9 nitrogen and oxygen atoms in total. The normalized spacial score (nSPS) is 15.4. The molecular weight excluding hydrogens is 425 g/mol. The molecule has 1 fully saturated rings. The highest BCUT2D eigenvalue weighted by atomic mass is 32.2. The van der Waals surface area contributed by atoms with E-state index >= 15 is 0 Å². The molecule has 1 amide bonds. The highest BCUT2D eigenvalue weighted by molar-refractivity contribution is 7.90. The average molecular weight is 447 g/mol. The van der Waals surface area contributed by atoms with E-state index in [1.165, 1.54) is 23.4 Å². The van der Waals surface area contributed by atoms with Crippen LogP contribution in [0.5, 0.6) is 0 Å². The van der Waals surface area contributed by atoms with Crippen LogP contribution in [0, 0.1) is 5.82 Å². The van der Waals surface area contributed by atoms with Gasteiger partial charge in [0.15, 0.2) is 15.7 Å². The summed E-state index contributed by atoms with van der Waals surface area (Å²) in [6.07, 6.45) is 4.85. The molecule has 1 aromatic carbocycles. The minimum atomic E-state index is -3.51. The van der Waals surface area contributed by atoms with Crippen LogP contribution >= 0.6 is 0 Å². The van der Waals surface area contributed by atoms with Crippen molar-refractivity contribution in [2.75, 3.05) is 24.7 Å². The minimum absolute atomic E-state index is 0.0998. The molecule has 1 aliphatic heterocycles. The molecule has 0 spiro atoms. The fraction of sp³-hybridized carbons (Fsp3) is 0.350. The van der Waals surface area contributed by atoms with Crippen molar-refractivity contribution >= 4 is 38.5 Å². The lowest BCUT2D eigenvalue weighted by atomic mass is 9.90. The number of halogens is 1. The number of rotatable bonds is 4. The van der Waals surface area contributed by atoms with E-state index in [9.17, 15) is 17.6 Å². The van der Waals surface area contributed by atoms with Gasteiger partial charge in [0, 0.05) is 32.6 Å². The maximum atomic E-state index is 14.5. The fourth-order valence-electron chi connectivity index (χ4n) is 3.99. The lowest BCUT2D eigenvalue weighted by Gasteiger charge is -2.29. The van der Waals surface area contributed by atoms with Crippen LogP contribution in [-0.2, 0) is 16.9 Å². The van der Waals surface area contributed by atoms with Crippen LogP contribution in [0.3, 0.4) is 0 Å². The molecule has 0 radical (unpaired) electrons. The summed E-state index contributed by atoms with van der Waals surface area (Å²) in [5, 5.41) is 12.1. The Balaban J connectivity index is 1.66. The summed E-state index contributed by atoms with van der Waals surface area (Å²) in [5.74, 6) is -0.147. The van der Waals surface area contributed by atoms with Crippen molar-refractivity contribution in [1.82, 2.24) is 19.4 Å². The first-order valence-electron chi connectivity index (χ1n) is 9.69. The number of likely N-dealkylation sites (tertiary alicyclic amines) is 1. The Morgan fingerprint density at radius 2 is 1.97 bits per heavy atom. The van der Waals surface area contributed by atoms with Crippen molar-refractivity contribution < 1.29 is 22.7 Å². The highest BCUT2D eigenvalue weighted by Gasteiger charge is 2.27. The largest absolute Gasteiger partial charge is 0.465 e. The molecule has 0 bridgehead atoms. The van der Waals surface area contributed by atoms with Crippen LogP contribution in [-0.4, -0.2) is 58.4 Å². The zero-order valence-corrected chi connectivity index (χ0v) is 17.9. The number of hydrogen-bond donors (Lipinski definition) is 2. The van der Waals surface area contributed by atoms with Crippen molar-refractivity contribution in [2.45, 2.75) is 23.7 Å². The number of benzene rings is 1. The molecule has 2 aromatic heterocycles. The van der Waals surface area contributed by atoms with Gasteiger partial charge in [-0.05, 0) is 42.5 Å². The number of nitrogens with one attached hydrogen (secondary N) is 1. The number of nitrogens with zero attached hydrogens (tertiary/aromatic N) is 4. The third kappa shape index (κ3) is 4.05. The smallest absolute Gasteiger partial charge is 0.407 e. The van der Waals surface area contributed by atoms with Gasteiger partial charge in [0.05, 0.1) is 16.1 Å². The van der Waals surface area contributed by atoms with Crippen molar-refractivity contribution in [2.24, 2.45) is 7.05 Å². The zero-order chi connectivity index (χ0) is 22.3. The van der Waals surface area contributed by atoms with Crippen molar-refractivity contribution in [3.05, 3.63) is 42.1 Å². The standard InChI is InChI=1S/C20H22FN5O4S/c1-25-10-14(12-5-7-26(8-6-12)20(27)28)17-18(25)19(23-11-22-17)24-16-4-3-13(9-15(16)21)31(2,29)30/h3-4,9-12H,5-8H2,1-2H3,(H,27,28)(H,22,23,24). The molecule has 0 saturated carbocycles. The Hall–Kier alpha value is -3.21. The molecule has 0 aliphatic carbocycles. The van der Waals surface area contributed by atoms with Crippen molar-refractivity contribution in [3.63, 3.8) is 0 Å². The summed E-state index contributed by atoms with van der Waals surface area (Å²) in [7, 11) is -1.67. The summed E-state index contributed by atoms with van der Waals surface area (Å²) in [6, 6.07) is 3.68. The monoisotopic (exact) mass is 447 g/mol. The van der Waals surface area contributed by atoms with E-state index in [-0.39, 0.29) is 16.5 Å². The summed E-state index contributed by atoms with van der Waals surface area (Å²) in [6.45, 7) is 0.926. The number of amides is 1. The Bertz CT molecular complexity index is 1270. The SMILES string of the molecule is Cn1cc(C2CCN(C(=O)O)CC2)c2ncnc(Nc3ccc(S(C)(=O)=O)cc3F)c21. The lowest BCUT2D eigenvalue weighted by molar-refractivity contribution is 0.132. The van der Waals surface area contributed by atoms with Gasteiger partial charge < -0.3 is 19.9 Å². The van der Waals surface area contributed by atoms with Gasteiger partial charge in [0.1, 0.15) is 17.7 Å². The molecule has 11 heteroatoms. The Morgan fingerprint density at radius 3 is 2.58 bits per heavy atom. The van der Waals surface area contributed by atoms with Crippen LogP contribution in [0.15, 0.2) is 35.6 Å². The highest BCUT2D eigenvalue weighted by Crippen LogP contribution is 2.35. The quantitative estimate of drug-likeness (QED) is 0.631. The van der Waals surface area contributed by atoms with E-state index in [2.05, 4.69) is 15.3 Å². The van der Waals surface area contributed by atoms with Gasteiger partial charge in [-0.1, -0.05) is 0 Å². The van der Waals surface area contributed by atoms with Crippen LogP contribution in [0.1, 0.15) is 24.3 Å². The van der Waals surface area contributed by atoms with Gasteiger partial charge in [-0.15, -0.1) is 0 Å². The number of aryl methyl sites for hydroxylation is 1. The molecule has 31 heavy (non-hydrogen) atoms. The predicted octanol–water partition coefficient (Wildman–Crippen LogP) is 3.11. The molecule has 164 valence electrons. The van der Waals surface area contributed by atoms with E-state index in [0.717, 1.165) is 23.4 Å². The van der Waals surface area contributed by atoms with E-state index in [1.54, 1.807) is 0 Å². The number of sulfone groups is 1. The van der Waals surface area contributed by atoms with Crippen molar-refractivity contribution in [1.29, 1.82) is 0 Å². The topological polar surface area (TPSA) is 117 Å². The molecule has 0 atom stereocenters. The fourth-order valence-corrected chi connectivity index (χ4v) is 4.62. The zero-order valence-electron chi connectivity index (χ0n) is 17.0. The molecular formula is C20H22FN5O4S. The maximum Gasteiger partial charge on any atom is 0.407 e. The molecule has 1 saturated heterocycles.